The van der Waals surface area contributed by atoms with E-state index in [2.05, 4.69) is 20.6 Å². The van der Waals surface area contributed by atoms with Crippen molar-refractivity contribution in [3.8, 4) is 0 Å². The lowest BCUT2D eigenvalue weighted by molar-refractivity contribution is -0.384. The molecule has 0 aliphatic rings. The molecule has 4 rings (SSSR count). The number of anilines is 1. The molecule has 3 aromatic carbocycles. The lowest BCUT2D eigenvalue weighted by Gasteiger charge is -2.12. The number of hydrogen-bond acceptors (Lipinski definition) is 5. The number of halogens is 1. The summed E-state index contributed by atoms with van der Waals surface area (Å²) in [5.74, 6) is -0.194. The van der Waals surface area contributed by atoms with Crippen molar-refractivity contribution >= 4 is 45.8 Å². The fraction of sp³-hybridized carbons (Fsp3) is 0.0870. The molecule has 0 fully saturated rings. The van der Waals surface area contributed by atoms with E-state index < -0.39 is 10.8 Å². The minimum absolute atomic E-state index is 0.0577. The summed E-state index contributed by atoms with van der Waals surface area (Å²) in [6.45, 7) is 0.342. The van der Waals surface area contributed by atoms with Gasteiger partial charge in [0.2, 0.25) is 0 Å². The van der Waals surface area contributed by atoms with Gasteiger partial charge < -0.3 is 15.6 Å². The predicted molar refractivity (Wildman–Crippen MR) is 125 cm³/mol. The molecule has 0 saturated carbocycles. The van der Waals surface area contributed by atoms with Gasteiger partial charge in [-0.25, -0.2) is 4.98 Å². The van der Waals surface area contributed by atoms with Gasteiger partial charge in [-0.15, -0.1) is 0 Å². The molecule has 0 unspecified atom stereocenters. The number of rotatable bonds is 7. The largest absolute Gasteiger partial charge is 0.352 e. The first-order chi connectivity index (χ1) is 15.9. The van der Waals surface area contributed by atoms with Crippen molar-refractivity contribution in [2.75, 3.05) is 11.9 Å². The number of nitrogens with one attached hydrogen (secondary N) is 3. The zero-order chi connectivity index (χ0) is 23.4. The summed E-state index contributed by atoms with van der Waals surface area (Å²) in [7, 11) is 0. The number of H-pyrrole nitrogens is 1. The highest BCUT2D eigenvalue weighted by atomic mass is 35.5. The maximum Gasteiger partial charge on any atom is 0.270 e. The number of hydrogen-bond donors (Lipinski definition) is 3. The summed E-state index contributed by atoms with van der Waals surface area (Å²) >= 11 is 6.04. The van der Waals surface area contributed by atoms with Crippen LogP contribution in [0.4, 0.5) is 11.4 Å². The fourth-order valence-corrected chi connectivity index (χ4v) is 3.56. The Morgan fingerprint density at radius 2 is 1.76 bits per heavy atom. The quantitative estimate of drug-likeness (QED) is 0.277. The molecule has 0 aliphatic carbocycles. The van der Waals surface area contributed by atoms with Gasteiger partial charge in [0, 0.05) is 25.1 Å². The van der Waals surface area contributed by atoms with Gasteiger partial charge in [-0.3, -0.25) is 19.7 Å². The van der Waals surface area contributed by atoms with E-state index in [-0.39, 0.29) is 33.4 Å². The smallest absolute Gasteiger partial charge is 0.270 e. The Bertz CT molecular complexity index is 1330. The third-order valence-electron chi connectivity index (χ3n) is 4.91. The second-order valence-electron chi connectivity index (χ2n) is 7.13. The molecular weight excluding hydrogens is 446 g/mol. The van der Waals surface area contributed by atoms with Crippen LogP contribution in [0.2, 0.25) is 5.02 Å². The molecule has 0 saturated heterocycles. The number of carbonyl (C=O) groups is 2. The zero-order valence-electron chi connectivity index (χ0n) is 17.2. The Morgan fingerprint density at radius 3 is 2.52 bits per heavy atom. The Hall–Kier alpha value is -4.24. The van der Waals surface area contributed by atoms with Crippen molar-refractivity contribution in [1.82, 2.24) is 15.3 Å². The first-order valence-electron chi connectivity index (χ1n) is 9.98. The molecule has 0 spiro atoms. The highest BCUT2D eigenvalue weighted by Gasteiger charge is 2.18. The van der Waals surface area contributed by atoms with E-state index in [0.29, 0.717) is 13.0 Å². The number of imidazole rings is 1. The summed E-state index contributed by atoms with van der Waals surface area (Å²) in [6.07, 6.45) is 0.507. The number of nitro benzene ring substituents is 1. The van der Waals surface area contributed by atoms with Crippen molar-refractivity contribution in [2.45, 2.75) is 6.42 Å². The van der Waals surface area contributed by atoms with Crippen molar-refractivity contribution in [3.05, 3.63) is 98.8 Å². The third-order valence-corrected chi connectivity index (χ3v) is 5.23. The summed E-state index contributed by atoms with van der Waals surface area (Å²) in [5, 5.41) is 16.3. The molecule has 0 radical (unpaired) electrons. The Kier molecular flexibility index (Phi) is 6.32. The average Bonchev–Trinajstić information content (AvgIpc) is 3.22. The molecule has 3 N–H and O–H groups in total. The maximum absolute atomic E-state index is 12.7. The van der Waals surface area contributed by atoms with Crippen molar-refractivity contribution in [1.29, 1.82) is 0 Å². The van der Waals surface area contributed by atoms with Crippen LogP contribution in [0.25, 0.3) is 11.0 Å². The lowest BCUT2D eigenvalue weighted by atomic mass is 10.1. The van der Waals surface area contributed by atoms with E-state index in [0.717, 1.165) is 22.9 Å². The first-order valence-corrected chi connectivity index (χ1v) is 10.4. The van der Waals surface area contributed by atoms with Crippen molar-refractivity contribution < 1.29 is 14.5 Å². The minimum Gasteiger partial charge on any atom is -0.352 e. The summed E-state index contributed by atoms with van der Waals surface area (Å²) < 4.78 is 0. The average molecular weight is 464 g/mol. The van der Waals surface area contributed by atoms with Crippen LogP contribution < -0.4 is 10.6 Å². The molecule has 0 atom stereocenters. The number of nitrogens with zero attached hydrogens (tertiary/aromatic N) is 2. The lowest BCUT2D eigenvalue weighted by Crippen LogP contribution is -2.27. The van der Waals surface area contributed by atoms with Gasteiger partial charge in [-0.2, -0.15) is 0 Å². The molecule has 4 aromatic rings. The summed E-state index contributed by atoms with van der Waals surface area (Å²) in [5.41, 5.74) is 2.18. The number of para-hydroxylation sites is 3. The number of nitro groups is 1. The van der Waals surface area contributed by atoms with Crippen LogP contribution in [0, 0.1) is 10.1 Å². The van der Waals surface area contributed by atoms with Gasteiger partial charge in [0.25, 0.3) is 17.5 Å². The van der Waals surface area contributed by atoms with Crippen LogP contribution in [0.5, 0.6) is 0 Å². The van der Waals surface area contributed by atoms with E-state index in [1.165, 1.54) is 12.1 Å². The topological polar surface area (TPSA) is 130 Å². The summed E-state index contributed by atoms with van der Waals surface area (Å²) in [6, 6.07) is 17.8. The van der Waals surface area contributed by atoms with E-state index in [9.17, 15) is 19.7 Å². The van der Waals surface area contributed by atoms with Gasteiger partial charge in [0.05, 0.1) is 37.8 Å². The SMILES string of the molecule is O=C(Nc1ccccc1C(=O)NCCc1nc2ccccc2[nH]1)c1ccc([N+](=O)[O-])cc1Cl. The maximum atomic E-state index is 12.7. The van der Waals surface area contributed by atoms with Crippen LogP contribution in [-0.4, -0.2) is 33.3 Å². The van der Waals surface area contributed by atoms with Gasteiger partial charge >= 0.3 is 0 Å². The molecule has 2 amide bonds. The highest BCUT2D eigenvalue weighted by molar-refractivity contribution is 6.34. The minimum atomic E-state index is -0.599. The molecule has 33 heavy (non-hydrogen) atoms. The second-order valence-corrected chi connectivity index (χ2v) is 7.53. The van der Waals surface area contributed by atoms with Crippen LogP contribution in [0.3, 0.4) is 0 Å². The van der Waals surface area contributed by atoms with E-state index in [1.807, 2.05) is 24.3 Å². The van der Waals surface area contributed by atoms with Crippen molar-refractivity contribution in [2.24, 2.45) is 0 Å². The van der Waals surface area contributed by atoms with Gasteiger partial charge in [0.15, 0.2) is 0 Å². The number of benzene rings is 3. The highest BCUT2D eigenvalue weighted by Crippen LogP contribution is 2.24. The van der Waals surface area contributed by atoms with Crippen LogP contribution in [0.15, 0.2) is 66.7 Å². The first kappa shape index (κ1) is 22.0. The number of carbonyl (C=O) groups excluding carboxylic acids is 2. The third kappa shape index (κ3) is 4.99. The van der Waals surface area contributed by atoms with Crippen molar-refractivity contribution in [3.63, 3.8) is 0 Å². The molecule has 1 aromatic heterocycles. The van der Waals surface area contributed by atoms with Gasteiger partial charge in [-0.1, -0.05) is 35.9 Å². The molecule has 0 aliphatic heterocycles. The molecule has 9 nitrogen and oxygen atoms in total. The molecule has 0 bridgehead atoms. The summed E-state index contributed by atoms with van der Waals surface area (Å²) in [4.78, 5) is 43.4. The normalized spacial score (nSPS) is 10.7. The fourth-order valence-electron chi connectivity index (χ4n) is 3.30. The number of aromatic amines is 1. The van der Waals surface area contributed by atoms with Gasteiger partial charge in [-0.05, 0) is 30.3 Å². The molecule has 166 valence electrons. The Balaban J connectivity index is 1.42. The number of amides is 2. The zero-order valence-corrected chi connectivity index (χ0v) is 17.9. The van der Waals surface area contributed by atoms with Crippen LogP contribution in [0.1, 0.15) is 26.5 Å². The van der Waals surface area contributed by atoms with Gasteiger partial charge in [0.1, 0.15) is 5.82 Å². The number of non-ortho nitro benzene ring substituents is 1. The molecule has 10 heteroatoms. The predicted octanol–water partition coefficient (Wildman–Crippen LogP) is 4.35. The van der Waals surface area contributed by atoms with E-state index in [1.54, 1.807) is 24.3 Å². The van der Waals surface area contributed by atoms with E-state index >= 15 is 0 Å². The van der Waals surface area contributed by atoms with E-state index in [4.69, 9.17) is 11.6 Å². The number of aromatic nitrogens is 2. The monoisotopic (exact) mass is 463 g/mol. The van der Waals surface area contributed by atoms with Crippen LogP contribution >= 0.6 is 11.6 Å². The molecule has 1 heterocycles. The van der Waals surface area contributed by atoms with Crippen LogP contribution in [-0.2, 0) is 6.42 Å². The molecular formula is C23H18ClN5O4. The standard InChI is InChI=1S/C23H18ClN5O4/c24-17-13-14(29(32)33)9-10-15(17)23(31)28-18-6-2-1-5-16(18)22(30)25-12-11-21-26-19-7-3-4-8-20(19)27-21/h1-10,13H,11-12H2,(H,25,30)(H,26,27)(H,28,31). The second kappa shape index (κ2) is 9.49. The Morgan fingerprint density at radius 1 is 1.00 bits per heavy atom. The number of fused-ring (bicyclic) bond motifs is 1. The Labute approximate surface area is 192 Å².